The first-order chi connectivity index (χ1) is 11.9. The number of nitrogens with zero attached hydrogens (tertiary/aromatic N) is 2. The Morgan fingerprint density at radius 3 is 2.33 bits per heavy atom. The zero-order valence-corrected chi connectivity index (χ0v) is 13.5. The Balaban J connectivity index is 1.47. The molecular weight excluding hydrogens is 300 g/mol. The quantitative estimate of drug-likeness (QED) is 0.699. The second-order valence-corrected chi connectivity index (χ2v) is 5.96. The van der Waals surface area contributed by atoms with E-state index >= 15 is 0 Å². The molecule has 0 aliphatic carbocycles. The number of para-hydroxylation sites is 1. The second kappa shape index (κ2) is 6.89. The van der Waals surface area contributed by atoms with E-state index in [1.165, 1.54) is 0 Å². The molecule has 0 bridgehead atoms. The monoisotopic (exact) mass is 320 g/mol. The molecule has 1 aliphatic rings. The van der Waals surface area contributed by atoms with Crippen LogP contribution in [0.3, 0.4) is 0 Å². The van der Waals surface area contributed by atoms with Gasteiger partial charge >= 0.3 is 0 Å². The summed E-state index contributed by atoms with van der Waals surface area (Å²) in [6.07, 6.45) is 4.13. The van der Waals surface area contributed by atoms with Gasteiger partial charge in [-0.05, 0) is 55.3 Å². The van der Waals surface area contributed by atoms with Crippen LogP contribution in [0, 0.1) is 0 Å². The fourth-order valence-corrected chi connectivity index (χ4v) is 2.96. The van der Waals surface area contributed by atoms with E-state index in [1.54, 1.807) is 0 Å². The smallest absolute Gasteiger partial charge is 0.127 e. The summed E-state index contributed by atoms with van der Waals surface area (Å²) >= 11 is 0. The minimum Gasteiger partial charge on any atom is -0.457 e. The molecule has 0 atom stereocenters. The molecule has 4 heteroatoms. The highest BCUT2D eigenvalue weighted by Gasteiger charge is 2.16. The van der Waals surface area contributed by atoms with Gasteiger partial charge in [-0.15, -0.1) is 0 Å². The predicted octanol–water partition coefficient (Wildman–Crippen LogP) is 4.69. The van der Waals surface area contributed by atoms with Crippen molar-refractivity contribution in [3.63, 3.8) is 0 Å². The average molecular weight is 320 g/mol. The fraction of sp³-hybridized carbons (Fsp3) is 0.250. The summed E-state index contributed by atoms with van der Waals surface area (Å²) in [4.78, 5) is 0. The van der Waals surface area contributed by atoms with E-state index in [1.807, 2.05) is 42.5 Å². The van der Waals surface area contributed by atoms with Crippen LogP contribution >= 0.6 is 0 Å². The lowest BCUT2D eigenvalue weighted by Gasteiger charge is -2.22. The van der Waals surface area contributed by atoms with Gasteiger partial charge in [-0.1, -0.05) is 18.2 Å². The van der Waals surface area contributed by atoms with Crippen LogP contribution in [0.4, 0.5) is 0 Å². The summed E-state index contributed by atoms with van der Waals surface area (Å²) in [5, 5.41) is 4.74. The molecule has 2 aromatic carbocycles. The number of ether oxygens (including phenoxy) is 2. The summed E-state index contributed by atoms with van der Waals surface area (Å²) in [5.74, 6) is 1.67. The van der Waals surface area contributed by atoms with Crippen LogP contribution < -0.4 is 4.74 Å². The first-order valence-electron chi connectivity index (χ1n) is 8.35. The van der Waals surface area contributed by atoms with Crippen LogP contribution in [0.5, 0.6) is 11.5 Å². The van der Waals surface area contributed by atoms with Gasteiger partial charge in [-0.25, -0.2) is 0 Å². The number of benzene rings is 2. The van der Waals surface area contributed by atoms with Gasteiger partial charge in [0.15, 0.2) is 0 Å². The Hall–Kier alpha value is -2.59. The maximum atomic E-state index is 5.83. The van der Waals surface area contributed by atoms with Gasteiger partial charge in [-0.2, -0.15) is 5.10 Å². The van der Waals surface area contributed by atoms with Gasteiger partial charge in [0.25, 0.3) is 0 Å². The van der Waals surface area contributed by atoms with E-state index in [9.17, 15) is 0 Å². The summed E-state index contributed by atoms with van der Waals surface area (Å²) in [6, 6.07) is 20.4. The molecule has 0 unspecified atom stereocenters. The molecule has 0 saturated carbocycles. The SMILES string of the molecule is c1ccc(Oc2ccc(-c3ccn(C4CCOCC4)n3)cc2)cc1. The van der Waals surface area contributed by atoms with Crippen molar-refractivity contribution in [2.75, 3.05) is 13.2 Å². The Bertz CT molecular complexity index is 775. The molecule has 24 heavy (non-hydrogen) atoms. The third-order valence-corrected chi connectivity index (χ3v) is 4.30. The third kappa shape index (κ3) is 3.34. The second-order valence-electron chi connectivity index (χ2n) is 5.96. The van der Waals surface area contributed by atoms with Crippen LogP contribution in [0.1, 0.15) is 18.9 Å². The van der Waals surface area contributed by atoms with Crippen LogP contribution in [0.2, 0.25) is 0 Å². The number of hydrogen-bond donors (Lipinski definition) is 0. The van der Waals surface area contributed by atoms with Gasteiger partial charge in [0.1, 0.15) is 11.5 Å². The predicted molar refractivity (Wildman–Crippen MR) is 93.3 cm³/mol. The number of aromatic nitrogens is 2. The molecule has 1 saturated heterocycles. The van der Waals surface area contributed by atoms with Gasteiger partial charge in [0.2, 0.25) is 0 Å². The highest BCUT2D eigenvalue weighted by Crippen LogP contribution is 2.26. The highest BCUT2D eigenvalue weighted by molar-refractivity contribution is 5.59. The molecular formula is C20H20N2O2. The zero-order valence-electron chi connectivity index (χ0n) is 13.5. The zero-order chi connectivity index (χ0) is 16.2. The van der Waals surface area contributed by atoms with Crippen LogP contribution in [-0.4, -0.2) is 23.0 Å². The van der Waals surface area contributed by atoms with Crippen LogP contribution in [-0.2, 0) is 4.74 Å². The molecule has 1 aromatic heterocycles. The maximum Gasteiger partial charge on any atom is 0.127 e. The van der Waals surface area contributed by atoms with E-state index in [-0.39, 0.29) is 0 Å². The van der Waals surface area contributed by atoms with Crippen LogP contribution in [0.25, 0.3) is 11.3 Å². The Kier molecular flexibility index (Phi) is 4.30. The highest BCUT2D eigenvalue weighted by atomic mass is 16.5. The van der Waals surface area contributed by atoms with Crippen molar-refractivity contribution in [3.8, 4) is 22.8 Å². The first kappa shape index (κ1) is 15.0. The number of hydrogen-bond acceptors (Lipinski definition) is 3. The third-order valence-electron chi connectivity index (χ3n) is 4.30. The molecule has 2 heterocycles. The molecule has 0 radical (unpaired) electrons. The van der Waals surface area contributed by atoms with Crippen molar-refractivity contribution < 1.29 is 9.47 Å². The lowest BCUT2D eigenvalue weighted by molar-refractivity contribution is 0.0663. The fourth-order valence-electron chi connectivity index (χ4n) is 2.96. The van der Waals surface area contributed by atoms with Gasteiger partial charge in [-0.3, -0.25) is 4.68 Å². The van der Waals surface area contributed by atoms with Gasteiger partial charge < -0.3 is 9.47 Å². The van der Waals surface area contributed by atoms with Crippen molar-refractivity contribution in [1.29, 1.82) is 0 Å². The molecule has 122 valence electrons. The van der Waals surface area contributed by atoms with Crippen molar-refractivity contribution in [3.05, 3.63) is 66.9 Å². The molecule has 4 nitrogen and oxygen atoms in total. The minimum atomic E-state index is 0.452. The Morgan fingerprint density at radius 2 is 1.58 bits per heavy atom. The summed E-state index contributed by atoms with van der Waals surface area (Å²) in [6.45, 7) is 1.65. The minimum absolute atomic E-state index is 0.452. The van der Waals surface area contributed by atoms with E-state index in [2.05, 4.69) is 29.1 Å². The number of rotatable bonds is 4. The molecule has 4 rings (SSSR count). The average Bonchev–Trinajstić information content (AvgIpc) is 3.14. The van der Waals surface area contributed by atoms with E-state index < -0.39 is 0 Å². The summed E-state index contributed by atoms with van der Waals surface area (Å²) < 4.78 is 13.3. The van der Waals surface area contributed by atoms with Crippen molar-refractivity contribution in [1.82, 2.24) is 9.78 Å². The topological polar surface area (TPSA) is 36.3 Å². The van der Waals surface area contributed by atoms with E-state index in [0.717, 1.165) is 48.8 Å². The molecule has 3 aromatic rings. The molecule has 1 fully saturated rings. The first-order valence-corrected chi connectivity index (χ1v) is 8.35. The normalized spacial score (nSPS) is 15.3. The Labute approximate surface area is 141 Å². The summed E-state index contributed by atoms with van der Waals surface area (Å²) in [5.41, 5.74) is 2.09. The van der Waals surface area contributed by atoms with Gasteiger partial charge in [0, 0.05) is 25.0 Å². The molecule has 0 amide bonds. The van der Waals surface area contributed by atoms with Crippen LogP contribution in [0.15, 0.2) is 66.9 Å². The largest absolute Gasteiger partial charge is 0.457 e. The summed E-state index contributed by atoms with van der Waals surface area (Å²) in [7, 11) is 0. The molecule has 1 aliphatic heterocycles. The molecule has 0 N–H and O–H groups in total. The lowest BCUT2D eigenvalue weighted by Crippen LogP contribution is -2.19. The molecule has 0 spiro atoms. The van der Waals surface area contributed by atoms with Gasteiger partial charge in [0.05, 0.1) is 11.7 Å². The standard InChI is InChI=1S/C20H20N2O2/c1-2-4-18(5-3-1)24-19-8-6-16(7-9-19)20-10-13-22(21-20)17-11-14-23-15-12-17/h1-10,13,17H,11-12,14-15H2. The lowest BCUT2D eigenvalue weighted by atomic mass is 10.1. The maximum absolute atomic E-state index is 5.83. The van der Waals surface area contributed by atoms with Crippen molar-refractivity contribution >= 4 is 0 Å². The van der Waals surface area contributed by atoms with E-state index in [0.29, 0.717) is 6.04 Å². The van der Waals surface area contributed by atoms with Crippen molar-refractivity contribution in [2.45, 2.75) is 18.9 Å². The van der Waals surface area contributed by atoms with Crippen molar-refractivity contribution in [2.24, 2.45) is 0 Å². The van der Waals surface area contributed by atoms with E-state index in [4.69, 9.17) is 14.6 Å². The Morgan fingerprint density at radius 1 is 0.875 bits per heavy atom.